The molecule has 1 aromatic rings. The summed E-state index contributed by atoms with van der Waals surface area (Å²) < 4.78 is 5.48. The van der Waals surface area contributed by atoms with Gasteiger partial charge in [-0.15, -0.1) is 0 Å². The molecule has 18 heavy (non-hydrogen) atoms. The smallest absolute Gasteiger partial charge is 0.129 e. The summed E-state index contributed by atoms with van der Waals surface area (Å²) in [6, 6.07) is 4.30. The van der Waals surface area contributed by atoms with Gasteiger partial charge < -0.3 is 14.5 Å². The van der Waals surface area contributed by atoms with Crippen LogP contribution in [0.2, 0.25) is 5.15 Å². The fourth-order valence-electron chi connectivity index (χ4n) is 2.23. The number of hydrogen-bond donors (Lipinski definition) is 0. The number of pyridine rings is 1. The summed E-state index contributed by atoms with van der Waals surface area (Å²) in [5.74, 6) is 0. The first-order valence-corrected chi connectivity index (χ1v) is 6.60. The second-order valence-electron chi connectivity index (χ2n) is 4.95. The highest BCUT2D eigenvalue weighted by Crippen LogP contribution is 2.25. The van der Waals surface area contributed by atoms with E-state index in [4.69, 9.17) is 16.3 Å². The first kappa shape index (κ1) is 13.6. The van der Waals surface area contributed by atoms with Crippen LogP contribution in [-0.4, -0.2) is 49.8 Å². The van der Waals surface area contributed by atoms with E-state index in [-0.39, 0.29) is 0 Å². The number of morpholine rings is 1. The Labute approximate surface area is 114 Å². The lowest BCUT2D eigenvalue weighted by atomic mass is 10.2. The minimum absolute atomic E-state index is 0.377. The van der Waals surface area contributed by atoms with Crippen LogP contribution >= 0.6 is 11.6 Å². The standard InChI is InChI=1S/C13H20ClN3O/c1-10-9-18-7-6-17(10)12-4-5-13(14)15-11(12)8-16(2)3/h4-5,10H,6-9H2,1-3H3/t10-/m0/s1. The molecular weight excluding hydrogens is 250 g/mol. The number of aromatic nitrogens is 1. The summed E-state index contributed by atoms with van der Waals surface area (Å²) in [7, 11) is 4.07. The first-order valence-electron chi connectivity index (χ1n) is 6.22. The number of anilines is 1. The number of nitrogens with zero attached hydrogens (tertiary/aromatic N) is 3. The van der Waals surface area contributed by atoms with Crippen molar-refractivity contribution in [3.63, 3.8) is 0 Å². The summed E-state index contributed by atoms with van der Waals surface area (Å²) in [6.45, 7) is 5.41. The lowest BCUT2D eigenvalue weighted by Gasteiger charge is -2.36. The predicted octanol–water partition coefficient (Wildman–Crippen LogP) is 2.02. The van der Waals surface area contributed by atoms with Crippen molar-refractivity contribution >= 4 is 17.3 Å². The Bertz CT molecular complexity index is 411. The van der Waals surface area contributed by atoms with E-state index in [1.54, 1.807) is 0 Å². The Morgan fingerprint density at radius 3 is 2.94 bits per heavy atom. The third-order valence-electron chi connectivity index (χ3n) is 3.06. The van der Waals surface area contributed by atoms with E-state index in [1.807, 2.05) is 20.2 Å². The average Bonchev–Trinajstić information content (AvgIpc) is 2.30. The van der Waals surface area contributed by atoms with Crippen molar-refractivity contribution in [3.8, 4) is 0 Å². The van der Waals surface area contributed by atoms with Crippen LogP contribution in [0, 0.1) is 0 Å². The fourth-order valence-corrected chi connectivity index (χ4v) is 2.39. The maximum atomic E-state index is 6.00. The molecule has 1 aromatic heterocycles. The van der Waals surface area contributed by atoms with E-state index in [1.165, 1.54) is 5.69 Å². The van der Waals surface area contributed by atoms with Gasteiger partial charge in [-0.25, -0.2) is 4.98 Å². The van der Waals surface area contributed by atoms with Crippen molar-refractivity contribution in [1.82, 2.24) is 9.88 Å². The molecule has 2 heterocycles. The topological polar surface area (TPSA) is 28.6 Å². The SMILES string of the molecule is C[C@H]1COCCN1c1ccc(Cl)nc1CN(C)C. The highest BCUT2D eigenvalue weighted by Gasteiger charge is 2.22. The summed E-state index contributed by atoms with van der Waals surface area (Å²) in [5, 5.41) is 0.552. The van der Waals surface area contributed by atoms with Gasteiger partial charge in [0, 0.05) is 19.1 Å². The van der Waals surface area contributed by atoms with Crippen LogP contribution in [-0.2, 0) is 11.3 Å². The average molecular weight is 270 g/mol. The molecule has 0 amide bonds. The first-order chi connectivity index (χ1) is 8.58. The van der Waals surface area contributed by atoms with Crippen LogP contribution in [0.5, 0.6) is 0 Å². The van der Waals surface area contributed by atoms with E-state index in [2.05, 4.69) is 27.8 Å². The Hall–Kier alpha value is -0.840. The minimum atomic E-state index is 0.377. The van der Waals surface area contributed by atoms with Crippen molar-refractivity contribution in [3.05, 3.63) is 23.0 Å². The predicted molar refractivity (Wildman–Crippen MR) is 74.3 cm³/mol. The zero-order valence-electron chi connectivity index (χ0n) is 11.2. The van der Waals surface area contributed by atoms with Gasteiger partial charge in [0.2, 0.25) is 0 Å². The third-order valence-corrected chi connectivity index (χ3v) is 3.27. The van der Waals surface area contributed by atoms with E-state index >= 15 is 0 Å². The Kier molecular flexibility index (Phi) is 4.43. The van der Waals surface area contributed by atoms with Gasteiger partial charge in [0.25, 0.3) is 0 Å². The summed E-state index contributed by atoms with van der Waals surface area (Å²) in [4.78, 5) is 8.92. The van der Waals surface area contributed by atoms with Crippen molar-refractivity contribution in [2.45, 2.75) is 19.5 Å². The normalized spacial score (nSPS) is 20.5. The largest absolute Gasteiger partial charge is 0.377 e. The molecule has 1 fully saturated rings. The Morgan fingerprint density at radius 2 is 2.28 bits per heavy atom. The molecule has 0 aliphatic carbocycles. The molecule has 1 saturated heterocycles. The maximum Gasteiger partial charge on any atom is 0.129 e. The zero-order valence-corrected chi connectivity index (χ0v) is 11.9. The highest BCUT2D eigenvalue weighted by atomic mass is 35.5. The molecule has 1 atom stereocenters. The Balaban J connectivity index is 2.30. The molecule has 0 radical (unpaired) electrons. The van der Waals surface area contributed by atoms with Gasteiger partial charge in [0.15, 0.2) is 0 Å². The molecule has 0 bridgehead atoms. The van der Waals surface area contributed by atoms with Crippen LogP contribution in [0.1, 0.15) is 12.6 Å². The molecule has 0 aromatic carbocycles. The molecule has 0 N–H and O–H groups in total. The van der Waals surface area contributed by atoms with E-state index in [0.717, 1.165) is 32.0 Å². The molecule has 1 aliphatic heterocycles. The second kappa shape index (κ2) is 5.87. The lowest BCUT2D eigenvalue weighted by molar-refractivity contribution is 0.0987. The molecule has 100 valence electrons. The van der Waals surface area contributed by atoms with Crippen molar-refractivity contribution in [2.75, 3.05) is 38.8 Å². The number of halogens is 1. The quantitative estimate of drug-likeness (QED) is 0.785. The van der Waals surface area contributed by atoms with Crippen molar-refractivity contribution < 1.29 is 4.74 Å². The molecule has 5 heteroatoms. The summed E-state index contributed by atoms with van der Waals surface area (Å²) in [5.41, 5.74) is 2.20. The molecule has 4 nitrogen and oxygen atoms in total. The number of hydrogen-bond acceptors (Lipinski definition) is 4. The zero-order chi connectivity index (χ0) is 13.1. The highest BCUT2D eigenvalue weighted by molar-refractivity contribution is 6.29. The van der Waals surface area contributed by atoms with Gasteiger partial charge in [-0.1, -0.05) is 11.6 Å². The van der Waals surface area contributed by atoms with Crippen molar-refractivity contribution in [2.24, 2.45) is 0 Å². The summed E-state index contributed by atoms with van der Waals surface area (Å²) >= 11 is 6.00. The van der Waals surface area contributed by atoms with Crippen molar-refractivity contribution in [1.29, 1.82) is 0 Å². The molecular formula is C13H20ClN3O. The molecule has 0 saturated carbocycles. The van der Waals surface area contributed by atoms with Gasteiger partial charge in [-0.3, -0.25) is 0 Å². The Morgan fingerprint density at radius 1 is 1.50 bits per heavy atom. The second-order valence-corrected chi connectivity index (χ2v) is 5.34. The fraction of sp³-hybridized carbons (Fsp3) is 0.615. The number of rotatable bonds is 3. The monoisotopic (exact) mass is 269 g/mol. The molecule has 1 aliphatic rings. The van der Waals surface area contributed by atoms with Gasteiger partial charge in [0.1, 0.15) is 5.15 Å². The maximum absolute atomic E-state index is 6.00. The summed E-state index contributed by atoms with van der Waals surface area (Å²) in [6.07, 6.45) is 0. The van der Waals surface area contributed by atoms with E-state index in [9.17, 15) is 0 Å². The minimum Gasteiger partial charge on any atom is -0.377 e. The third kappa shape index (κ3) is 3.13. The van der Waals surface area contributed by atoms with Gasteiger partial charge in [0.05, 0.1) is 24.6 Å². The van der Waals surface area contributed by atoms with Crippen LogP contribution < -0.4 is 4.90 Å². The van der Waals surface area contributed by atoms with Crippen LogP contribution in [0.15, 0.2) is 12.1 Å². The van der Waals surface area contributed by atoms with Crippen LogP contribution in [0.3, 0.4) is 0 Å². The van der Waals surface area contributed by atoms with Crippen LogP contribution in [0.4, 0.5) is 5.69 Å². The van der Waals surface area contributed by atoms with E-state index in [0.29, 0.717) is 11.2 Å². The van der Waals surface area contributed by atoms with E-state index < -0.39 is 0 Å². The van der Waals surface area contributed by atoms with Gasteiger partial charge in [-0.05, 0) is 33.2 Å². The molecule has 2 rings (SSSR count). The van der Waals surface area contributed by atoms with Gasteiger partial charge >= 0.3 is 0 Å². The molecule has 0 unspecified atom stereocenters. The number of ether oxygens (including phenoxy) is 1. The van der Waals surface area contributed by atoms with Crippen LogP contribution in [0.25, 0.3) is 0 Å². The van der Waals surface area contributed by atoms with Gasteiger partial charge in [-0.2, -0.15) is 0 Å². The lowest BCUT2D eigenvalue weighted by Crippen LogP contribution is -2.44. The molecule has 0 spiro atoms.